The second-order valence-electron chi connectivity index (χ2n) is 11.4. The maximum atomic E-state index is 13.9. The van der Waals surface area contributed by atoms with E-state index in [2.05, 4.69) is 11.9 Å². The number of hydrogen-bond donors (Lipinski definition) is 2. The number of amides is 2. The average Bonchev–Trinajstić information content (AvgIpc) is 3.26. The van der Waals surface area contributed by atoms with E-state index < -0.39 is 25.1 Å². The molecule has 8 heteroatoms. The molecule has 0 saturated carbocycles. The number of hydrogen-bond acceptors (Lipinski definition) is 6. The van der Waals surface area contributed by atoms with Gasteiger partial charge >= 0.3 is 7.12 Å². The Balaban J connectivity index is 1.33. The third kappa shape index (κ3) is 5.32. The van der Waals surface area contributed by atoms with Crippen LogP contribution in [0.25, 0.3) is 11.6 Å². The Hall–Kier alpha value is -4.01. The zero-order chi connectivity index (χ0) is 29.2. The Morgan fingerprint density at radius 1 is 1.02 bits per heavy atom. The molecule has 6 rings (SSSR count). The van der Waals surface area contributed by atoms with Gasteiger partial charge in [-0.2, -0.15) is 0 Å². The molecule has 2 fully saturated rings. The number of phenolic OH excluding ortho intramolecular Hbond substituents is 1. The number of pyridine rings is 1. The van der Waals surface area contributed by atoms with Gasteiger partial charge in [-0.05, 0) is 85.5 Å². The molecular weight excluding hydrogens is 527 g/mol. The highest BCUT2D eigenvalue weighted by atomic mass is 16.5. The summed E-state index contributed by atoms with van der Waals surface area (Å²) >= 11 is 0. The van der Waals surface area contributed by atoms with Gasteiger partial charge in [-0.15, -0.1) is 0 Å². The molecular formula is C34H35BN2O5. The molecule has 3 heterocycles. The topological polar surface area (TPSA) is 100.0 Å². The van der Waals surface area contributed by atoms with E-state index in [1.807, 2.05) is 54.6 Å². The van der Waals surface area contributed by atoms with E-state index in [0.717, 1.165) is 29.7 Å². The number of rotatable bonds is 8. The van der Waals surface area contributed by atoms with Crippen LogP contribution in [0.4, 0.5) is 5.69 Å². The molecule has 42 heavy (non-hydrogen) atoms. The molecule has 3 aromatic rings. The lowest BCUT2D eigenvalue weighted by atomic mass is 9.58. The third-order valence-corrected chi connectivity index (χ3v) is 8.81. The van der Waals surface area contributed by atoms with Crippen molar-refractivity contribution in [2.24, 2.45) is 17.8 Å². The molecule has 2 aliphatic heterocycles. The van der Waals surface area contributed by atoms with Crippen LogP contribution < -0.4 is 4.90 Å². The lowest BCUT2D eigenvalue weighted by Gasteiger charge is -2.43. The predicted molar refractivity (Wildman–Crippen MR) is 163 cm³/mol. The summed E-state index contributed by atoms with van der Waals surface area (Å²) in [5.74, 6) is -1.34. The van der Waals surface area contributed by atoms with Gasteiger partial charge in [-0.1, -0.05) is 61.4 Å². The number of aromatic nitrogens is 1. The molecule has 0 radical (unpaired) electrons. The van der Waals surface area contributed by atoms with Crippen molar-refractivity contribution in [3.05, 3.63) is 101 Å². The number of carbonyl (C=O) groups is 2. The first kappa shape index (κ1) is 28.1. The molecule has 2 aromatic carbocycles. The quantitative estimate of drug-likeness (QED) is 0.201. The van der Waals surface area contributed by atoms with Crippen LogP contribution in [0.5, 0.6) is 5.75 Å². The summed E-state index contributed by atoms with van der Waals surface area (Å²) in [7, 11) is -1.03. The van der Waals surface area contributed by atoms with Gasteiger partial charge in [-0.3, -0.25) is 19.5 Å². The average molecular weight is 562 g/mol. The number of nitrogens with zero attached hydrogens (tertiary/aromatic N) is 2. The number of benzene rings is 2. The predicted octanol–water partition coefficient (Wildman–Crippen LogP) is 5.91. The molecule has 2 N–H and O–H groups in total. The van der Waals surface area contributed by atoms with Crippen LogP contribution >= 0.6 is 0 Å². The van der Waals surface area contributed by atoms with Crippen LogP contribution in [-0.2, 0) is 14.2 Å². The monoisotopic (exact) mass is 562 g/mol. The maximum Gasteiger partial charge on any atom is 0.455 e. The zero-order valence-corrected chi connectivity index (χ0v) is 23.7. The standard InChI is InChI=1S/C34H35BN2O5/c1-2-10-24-20-26-32(34(40)37(33(26)39)25-12-4-3-5-13-25)27-21-35(41)42-30(31(24)27)17-16-22(28-14-8-9-18-36-28)19-23-11-6-7-15-29(23)38/h3-9,11-15,18-19,26-27,30,32,38,41H,2,10,16-17,20-21H2,1H3/b22-19-/t26-,27+,30-,32-/m1/s1. The number of carbonyl (C=O) groups excluding carboxylic acids is 2. The highest BCUT2D eigenvalue weighted by Crippen LogP contribution is 2.52. The molecule has 4 atom stereocenters. The van der Waals surface area contributed by atoms with Crippen molar-refractivity contribution >= 4 is 36.3 Å². The lowest BCUT2D eigenvalue weighted by molar-refractivity contribution is -0.122. The molecule has 3 aliphatic rings. The van der Waals surface area contributed by atoms with Crippen molar-refractivity contribution in [2.45, 2.75) is 51.5 Å². The van der Waals surface area contributed by atoms with Gasteiger partial charge in [0.1, 0.15) is 5.75 Å². The number of fused-ring (bicyclic) bond motifs is 3. The molecule has 1 aromatic heterocycles. The van der Waals surface area contributed by atoms with Crippen molar-refractivity contribution < 1.29 is 24.4 Å². The van der Waals surface area contributed by atoms with Crippen LogP contribution in [0.15, 0.2) is 90.1 Å². The van der Waals surface area contributed by atoms with Gasteiger partial charge in [0.05, 0.1) is 29.3 Å². The fourth-order valence-electron chi connectivity index (χ4n) is 7.04. The van der Waals surface area contributed by atoms with Crippen LogP contribution in [0.1, 0.15) is 50.3 Å². The number of phenols is 1. The first-order valence-corrected chi connectivity index (χ1v) is 14.8. The van der Waals surface area contributed by atoms with E-state index >= 15 is 0 Å². The molecule has 214 valence electrons. The molecule has 1 aliphatic carbocycles. The van der Waals surface area contributed by atoms with E-state index in [-0.39, 0.29) is 23.5 Å². The summed E-state index contributed by atoms with van der Waals surface area (Å²) in [4.78, 5) is 33.5. The van der Waals surface area contributed by atoms with Crippen molar-refractivity contribution in [1.82, 2.24) is 4.98 Å². The lowest BCUT2D eigenvalue weighted by Crippen LogP contribution is -2.46. The highest BCUT2D eigenvalue weighted by molar-refractivity contribution is 6.43. The SMILES string of the molecule is CCCC1=C2[C@@H](CC/C(=C/c3ccccc3O)c3ccccn3)OB(O)C[C@@H]2[C@@H]2C(=O)N(c3ccccc3)C(=O)[C@@H]2C1. The van der Waals surface area contributed by atoms with Gasteiger partial charge in [0.15, 0.2) is 0 Å². The minimum atomic E-state index is -1.03. The van der Waals surface area contributed by atoms with Crippen molar-refractivity contribution in [1.29, 1.82) is 0 Å². The van der Waals surface area contributed by atoms with Gasteiger partial charge in [-0.25, -0.2) is 0 Å². The minimum absolute atomic E-state index is 0.149. The summed E-state index contributed by atoms with van der Waals surface area (Å²) in [5, 5.41) is 21.4. The van der Waals surface area contributed by atoms with Crippen LogP contribution in [0.2, 0.25) is 6.32 Å². The van der Waals surface area contributed by atoms with Gasteiger partial charge in [0.25, 0.3) is 0 Å². The van der Waals surface area contributed by atoms with Crippen LogP contribution in [0.3, 0.4) is 0 Å². The minimum Gasteiger partial charge on any atom is -0.507 e. The molecule has 2 saturated heterocycles. The summed E-state index contributed by atoms with van der Waals surface area (Å²) in [5.41, 5.74) is 5.30. The first-order valence-electron chi connectivity index (χ1n) is 14.8. The van der Waals surface area contributed by atoms with Gasteiger partial charge in [0, 0.05) is 11.8 Å². The van der Waals surface area contributed by atoms with E-state index in [9.17, 15) is 19.7 Å². The molecule has 0 spiro atoms. The fraction of sp³-hybridized carbons (Fsp3) is 0.324. The second-order valence-corrected chi connectivity index (χ2v) is 11.4. The summed E-state index contributed by atoms with van der Waals surface area (Å²) < 4.78 is 6.21. The number of para-hydroxylation sites is 2. The van der Waals surface area contributed by atoms with E-state index in [0.29, 0.717) is 36.8 Å². The molecule has 2 amide bonds. The Kier molecular flexibility index (Phi) is 8.09. The number of aromatic hydroxyl groups is 1. The Bertz CT molecular complexity index is 1520. The maximum absolute atomic E-state index is 13.9. The number of allylic oxidation sites excluding steroid dienone is 2. The third-order valence-electron chi connectivity index (χ3n) is 8.81. The van der Waals surface area contributed by atoms with Crippen molar-refractivity contribution in [2.75, 3.05) is 4.90 Å². The van der Waals surface area contributed by atoms with Crippen LogP contribution in [0, 0.1) is 17.8 Å². The van der Waals surface area contributed by atoms with Crippen LogP contribution in [-0.4, -0.2) is 40.2 Å². The smallest absolute Gasteiger partial charge is 0.455 e. The van der Waals surface area contributed by atoms with Gasteiger partial charge in [0.2, 0.25) is 11.8 Å². The van der Waals surface area contributed by atoms with Gasteiger partial charge < -0.3 is 14.8 Å². The fourth-order valence-corrected chi connectivity index (χ4v) is 7.04. The molecule has 7 nitrogen and oxygen atoms in total. The summed E-state index contributed by atoms with van der Waals surface area (Å²) in [6, 6.07) is 22.1. The normalized spacial score (nSPS) is 24.2. The second kappa shape index (κ2) is 12.1. The van der Waals surface area contributed by atoms with Crippen molar-refractivity contribution in [3.8, 4) is 5.75 Å². The number of imide groups is 1. The highest BCUT2D eigenvalue weighted by Gasteiger charge is 2.57. The molecule has 0 unspecified atom stereocenters. The Labute approximate surface area is 246 Å². The zero-order valence-electron chi connectivity index (χ0n) is 23.7. The largest absolute Gasteiger partial charge is 0.507 e. The number of anilines is 1. The summed E-state index contributed by atoms with van der Waals surface area (Å²) in [6.07, 6.45) is 7.00. The first-order chi connectivity index (χ1) is 20.5. The van der Waals surface area contributed by atoms with Crippen molar-refractivity contribution in [3.63, 3.8) is 0 Å². The van der Waals surface area contributed by atoms with E-state index in [1.165, 1.54) is 10.5 Å². The Morgan fingerprint density at radius 3 is 2.52 bits per heavy atom. The molecule has 0 bridgehead atoms. The Morgan fingerprint density at radius 2 is 1.79 bits per heavy atom. The van der Waals surface area contributed by atoms with E-state index in [4.69, 9.17) is 4.65 Å². The summed E-state index contributed by atoms with van der Waals surface area (Å²) in [6.45, 7) is 2.12. The van der Waals surface area contributed by atoms with E-state index in [1.54, 1.807) is 30.5 Å².